The second-order valence-corrected chi connectivity index (χ2v) is 4.68. The van der Waals surface area contributed by atoms with Crippen molar-refractivity contribution in [2.24, 2.45) is 0 Å². The second kappa shape index (κ2) is 4.90. The highest BCUT2D eigenvalue weighted by Crippen LogP contribution is 2.37. The molecule has 0 bridgehead atoms. The van der Waals surface area contributed by atoms with Crippen molar-refractivity contribution < 1.29 is 19.3 Å². The minimum absolute atomic E-state index is 0.241. The van der Waals surface area contributed by atoms with Gasteiger partial charge in [-0.2, -0.15) is 0 Å². The molecule has 0 spiro atoms. The van der Waals surface area contributed by atoms with Gasteiger partial charge in [0.2, 0.25) is 0 Å². The van der Waals surface area contributed by atoms with Crippen molar-refractivity contribution in [2.75, 3.05) is 6.61 Å². The molecule has 1 aliphatic rings. The average Bonchev–Trinajstić information content (AvgIpc) is 2.65. The van der Waals surface area contributed by atoms with Crippen molar-refractivity contribution in [3.8, 4) is 0 Å². The fourth-order valence-corrected chi connectivity index (χ4v) is 2.29. The number of aliphatic hydroxyl groups is 2. The van der Waals surface area contributed by atoms with Gasteiger partial charge in [0.05, 0.1) is 18.8 Å². The van der Waals surface area contributed by atoms with Gasteiger partial charge in [-0.05, 0) is 30.2 Å². The summed E-state index contributed by atoms with van der Waals surface area (Å²) in [6.45, 7) is 1.40. The first-order chi connectivity index (χ1) is 8.02. The van der Waals surface area contributed by atoms with E-state index in [4.69, 9.17) is 21.4 Å². The minimum Gasteiger partial charge on any atom is -0.394 e. The van der Waals surface area contributed by atoms with Crippen LogP contribution in [0.25, 0.3) is 0 Å². The summed E-state index contributed by atoms with van der Waals surface area (Å²) in [6.07, 6.45) is -1.35. The lowest BCUT2D eigenvalue weighted by atomic mass is 10.0. The Morgan fingerprint density at radius 2 is 2.24 bits per heavy atom. The van der Waals surface area contributed by atoms with Crippen LogP contribution in [0.3, 0.4) is 0 Å². The maximum Gasteiger partial charge on any atom is 0.127 e. The SMILES string of the molecule is Cc1cc([C@H]2C[C@@H](O)[C@@H](CO)O2)c(Cl)cc1F. The number of aliphatic hydroxyl groups excluding tert-OH is 2. The summed E-state index contributed by atoms with van der Waals surface area (Å²) in [4.78, 5) is 0. The Morgan fingerprint density at radius 3 is 2.82 bits per heavy atom. The number of halogens is 2. The van der Waals surface area contributed by atoms with Crippen molar-refractivity contribution in [3.63, 3.8) is 0 Å². The largest absolute Gasteiger partial charge is 0.394 e. The normalized spacial score (nSPS) is 28.6. The molecule has 0 aliphatic carbocycles. The standard InChI is InChI=1S/C12H14ClFO3/c1-6-2-7(8(13)3-9(6)14)11-4-10(16)12(5-15)17-11/h2-3,10-12,15-16H,4-5H2,1H3/t10-,11-,12-/m1/s1. The van der Waals surface area contributed by atoms with E-state index >= 15 is 0 Å². The molecule has 5 heteroatoms. The molecule has 1 fully saturated rings. The van der Waals surface area contributed by atoms with E-state index in [9.17, 15) is 9.50 Å². The van der Waals surface area contributed by atoms with E-state index in [1.54, 1.807) is 13.0 Å². The van der Waals surface area contributed by atoms with Crippen molar-refractivity contribution in [3.05, 3.63) is 34.1 Å². The van der Waals surface area contributed by atoms with Crippen LogP contribution >= 0.6 is 11.6 Å². The smallest absolute Gasteiger partial charge is 0.127 e. The first kappa shape index (κ1) is 12.8. The van der Waals surface area contributed by atoms with Crippen LogP contribution in [0.2, 0.25) is 5.02 Å². The molecule has 0 amide bonds. The number of ether oxygens (including phenoxy) is 1. The van der Waals surface area contributed by atoms with Crippen LogP contribution in [0, 0.1) is 12.7 Å². The maximum absolute atomic E-state index is 13.3. The molecule has 0 radical (unpaired) electrons. The van der Waals surface area contributed by atoms with E-state index in [1.807, 2.05) is 0 Å². The number of hydrogen-bond acceptors (Lipinski definition) is 3. The summed E-state index contributed by atoms with van der Waals surface area (Å²) >= 11 is 5.96. The highest BCUT2D eigenvalue weighted by atomic mass is 35.5. The summed E-state index contributed by atoms with van der Waals surface area (Å²) in [6, 6.07) is 2.86. The summed E-state index contributed by atoms with van der Waals surface area (Å²) in [5, 5.41) is 18.9. The van der Waals surface area contributed by atoms with Crippen LogP contribution in [0.1, 0.15) is 23.7 Å². The molecular formula is C12H14ClFO3. The predicted octanol–water partition coefficient (Wildman–Crippen LogP) is 1.97. The van der Waals surface area contributed by atoms with Gasteiger partial charge in [-0.15, -0.1) is 0 Å². The lowest BCUT2D eigenvalue weighted by molar-refractivity contribution is -0.0225. The average molecular weight is 261 g/mol. The summed E-state index contributed by atoms with van der Waals surface area (Å²) < 4.78 is 18.7. The fraction of sp³-hybridized carbons (Fsp3) is 0.500. The van der Waals surface area contributed by atoms with Gasteiger partial charge in [0.15, 0.2) is 0 Å². The van der Waals surface area contributed by atoms with E-state index in [0.29, 0.717) is 17.5 Å². The predicted molar refractivity (Wildman–Crippen MR) is 61.5 cm³/mol. The van der Waals surface area contributed by atoms with Gasteiger partial charge in [-0.1, -0.05) is 11.6 Å². The van der Waals surface area contributed by atoms with E-state index in [-0.39, 0.29) is 17.4 Å². The lowest BCUT2D eigenvalue weighted by Gasteiger charge is -2.14. The zero-order valence-corrected chi connectivity index (χ0v) is 10.1. The molecule has 3 nitrogen and oxygen atoms in total. The van der Waals surface area contributed by atoms with Crippen LogP contribution in [0.4, 0.5) is 4.39 Å². The monoisotopic (exact) mass is 260 g/mol. The number of aryl methyl sites for hydroxylation is 1. The third-order valence-corrected chi connectivity index (χ3v) is 3.36. The third-order valence-electron chi connectivity index (χ3n) is 3.03. The zero-order chi connectivity index (χ0) is 12.6. The van der Waals surface area contributed by atoms with Crippen molar-refractivity contribution in [2.45, 2.75) is 31.7 Å². The van der Waals surface area contributed by atoms with Crippen molar-refractivity contribution in [1.29, 1.82) is 0 Å². The molecule has 2 N–H and O–H groups in total. The van der Waals surface area contributed by atoms with Crippen molar-refractivity contribution in [1.82, 2.24) is 0 Å². The van der Waals surface area contributed by atoms with E-state index < -0.39 is 18.3 Å². The molecule has 3 atom stereocenters. The Balaban J connectivity index is 2.27. The molecule has 0 unspecified atom stereocenters. The molecule has 17 heavy (non-hydrogen) atoms. The van der Waals surface area contributed by atoms with Gasteiger partial charge in [0.25, 0.3) is 0 Å². The van der Waals surface area contributed by atoms with Crippen LogP contribution < -0.4 is 0 Å². The molecule has 94 valence electrons. The van der Waals surface area contributed by atoms with Gasteiger partial charge < -0.3 is 14.9 Å². The van der Waals surface area contributed by atoms with Gasteiger partial charge in [-0.3, -0.25) is 0 Å². The quantitative estimate of drug-likeness (QED) is 0.855. The molecule has 2 rings (SSSR count). The van der Waals surface area contributed by atoms with E-state index in [1.165, 1.54) is 6.07 Å². The lowest BCUT2D eigenvalue weighted by Crippen LogP contribution is -2.24. The van der Waals surface area contributed by atoms with E-state index in [2.05, 4.69) is 0 Å². The summed E-state index contributed by atoms with van der Waals surface area (Å²) in [5.74, 6) is -0.365. The summed E-state index contributed by atoms with van der Waals surface area (Å²) in [5.41, 5.74) is 1.13. The maximum atomic E-state index is 13.3. The summed E-state index contributed by atoms with van der Waals surface area (Å²) in [7, 11) is 0. The van der Waals surface area contributed by atoms with Gasteiger partial charge in [0.1, 0.15) is 11.9 Å². The Hall–Kier alpha value is -0.680. The molecule has 0 saturated carbocycles. The Morgan fingerprint density at radius 1 is 1.53 bits per heavy atom. The van der Waals surface area contributed by atoms with Gasteiger partial charge >= 0.3 is 0 Å². The highest BCUT2D eigenvalue weighted by Gasteiger charge is 2.35. The minimum atomic E-state index is -0.716. The number of hydrogen-bond donors (Lipinski definition) is 2. The Kier molecular flexibility index (Phi) is 3.68. The number of rotatable bonds is 2. The molecular weight excluding hydrogens is 247 g/mol. The molecule has 1 aliphatic heterocycles. The molecule has 0 aromatic heterocycles. The van der Waals surface area contributed by atoms with Crippen LogP contribution in [0.5, 0.6) is 0 Å². The molecule has 1 saturated heterocycles. The molecule has 1 aromatic rings. The first-order valence-electron chi connectivity index (χ1n) is 5.43. The second-order valence-electron chi connectivity index (χ2n) is 4.27. The van der Waals surface area contributed by atoms with Gasteiger partial charge in [-0.25, -0.2) is 4.39 Å². The molecule has 1 heterocycles. The van der Waals surface area contributed by atoms with Gasteiger partial charge in [0, 0.05) is 11.4 Å². The Bertz CT molecular complexity index is 424. The number of benzene rings is 1. The Labute approximate surface area is 104 Å². The van der Waals surface area contributed by atoms with Crippen LogP contribution in [-0.4, -0.2) is 29.0 Å². The van der Waals surface area contributed by atoms with E-state index in [0.717, 1.165) is 0 Å². The fourth-order valence-electron chi connectivity index (χ4n) is 2.02. The van der Waals surface area contributed by atoms with Crippen LogP contribution in [-0.2, 0) is 4.74 Å². The highest BCUT2D eigenvalue weighted by molar-refractivity contribution is 6.31. The van der Waals surface area contributed by atoms with Crippen LogP contribution in [0.15, 0.2) is 12.1 Å². The molecule has 1 aromatic carbocycles. The third kappa shape index (κ3) is 2.45. The van der Waals surface area contributed by atoms with Crippen molar-refractivity contribution >= 4 is 11.6 Å². The first-order valence-corrected chi connectivity index (χ1v) is 5.80. The topological polar surface area (TPSA) is 49.7 Å². The zero-order valence-electron chi connectivity index (χ0n) is 9.36.